The van der Waals surface area contributed by atoms with Crippen molar-refractivity contribution < 1.29 is 14.3 Å². The van der Waals surface area contributed by atoms with Gasteiger partial charge in [0.25, 0.3) is 5.91 Å². The van der Waals surface area contributed by atoms with Gasteiger partial charge in [0.1, 0.15) is 5.60 Å². The van der Waals surface area contributed by atoms with Crippen LogP contribution in [0, 0.1) is 0 Å². The van der Waals surface area contributed by atoms with Gasteiger partial charge in [0.05, 0.1) is 6.54 Å². The van der Waals surface area contributed by atoms with Gasteiger partial charge < -0.3 is 15.0 Å². The van der Waals surface area contributed by atoms with Gasteiger partial charge in [-0.15, -0.1) is 6.58 Å². The third-order valence-electron chi connectivity index (χ3n) is 6.28. The van der Waals surface area contributed by atoms with Crippen molar-refractivity contribution in [3.63, 3.8) is 0 Å². The van der Waals surface area contributed by atoms with Crippen LogP contribution in [-0.4, -0.2) is 41.5 Å². The first-order valence-corrected chi connectivity index (χ1v) is 12.7. The highest BCUT2D eigenvalue weighted by atomic mass is 35.5. The molecule has 0 aromatic heterocycles. The summed E-state index contributed by atoms with van der Waals surface area (Å²) in [5.41, 5.74) is 2.66. The Morgan fingerprint density at radius 2 is 1.69 bits per heavy atom. The molecule has 0 heterocycles. The molecule has 0 aliphatic heterocycles. The zero-order valence-corrected chi connectivity index (χ0v) is 21.8. The Bertz CT molecular complexity index is 988. The van der Waals surface area contributed by atoms with E-state index in [-0.39, 0.29) is 24.5 Å². The van der Waals surface area contributed by atoms with E-state index in [1.165, 1.54) is 5.56 Å². The fourth-order valence-electron chi connectivity index (χ4n) is 4.61. The number of benzene rings is 2. The molecule has 0 unspecified atom stereocenters. The minimum absolute atomic E-state index is 0.0354. The predicted octanol–water partition coefficient (Wildman–Crippen LogP) is 6.13. The summed E-state index contributed by atoms with van der Waals surface area (Å²) in [6.07, 6.45) is 5.83. The van der Waals surface area contributed by atoms with Gasteiger partial charge in [-0.3, -0.25) is 9.59 Å². The van der Waals surface area contributed by atoms with E-state index in [1.807, 2.05) is 25.7 Å². The van der Waals surface area contributed by atoms with Crippen molar-refractivity contribution >= 4 is 23.5 Å². The third-order valence-corrected chi connectivity index (χ3v) is 6.54. The van der Waals surface area contributed by atoms with E-state index in [1.54, 1.807) is 30.3 Å². The van der Waals surface area contributed by atoms with Crippen LogP contribution in [0.4, 0.5) is 0 Å². The lowest BCUT2D eigenvalue weighted by atomic mass is 9.81. The maximum absolute atomic E-state index is 13.1. The lowest BCUT2D eigenvalue weighted by Crippen LogP contribution is -2.42. The first-order valence-electron chi connectivity index (χ1n) is 12.3. The molecule has 2 aromatic rings. The summed E-state index contributed by atoms with van der Waals surface area (Å²) in [5.74, 6) is 0.283. The first kappa shape index (κ1) is 27.0. The van der Waals surface area contributed by atoms with E-state index >= 15 is 0 Å². The zero-order chi connectivity index (χ0) is 25.4. The van der Waals surface area contributed by atoms with Crippen molar-refractivity contribution in [3.05, 3.63) is 82.9 Å². The molecule has 188 valence electrons. The molecule has 1 aliphatic carbocycles. The lowest BCUT2D eigenvalue weighted by molar-refractivity contribution is -0.153. The van der Waals surface area contributed by atoms with E-state index in [4.69, 9.17) is 16.3 Å². The Labute approximate surface area is 214 Å². The van der Waals surface area contributed by atoms with Crippen LogP contribution < -0.4 is 5.32 Å². The zero-order valence-electron chi connectivity index (χ0n) is 21.1. The summed E-state index contributed by atoms with van der Waals surface area (Å²) < 4.78 is 5.32. The Hall–Kier alpha value is -2.63. The first-order chi connectivity index (χ1) is 16.7. The van der Waals surface area contributed by atoms with Crippen molar-refractivity contribution in [2.75, 3.05) is 13.1 Å². The molecule has 35 heavy (non-hydrogen) atoms. The topological polar surface area (TPSA) is 58.6 Å². The van der Waals surface area contributed by atoms with Gasteiger partial charge in [-0.2, -0.15) is 0 Å². The molecule has 1 saturated carbocycles. The molecule has 3 rings (SSSR count). The fourth-order valence-corrected chi connectivity index (χ4v) is 4.74. The fraction of sp³-hybridized carbons (Fsp3) is 0.448. The lowest BCUT2D eigenvalue weighted by Gasteiger charge is -2.36. The van der Waals surface area contributed by atoms with E-state index in [2.05, 4.69) is 36.2 Å². The average Bonchev–Trinajstić information content (AvgIpc) is 2.82. The molecule has 1 amide bonds. The van der Waals surface area contributed by atoms with Crippen molar-refractivity contribution in [1.82, 2.24) is 10.2 Å². The number of carbonyl (C=O) groups is 2. The molecule has 0 saturated heterocycles. The summed E-state index contributed by atoms with van der Waals surface area (Å²) in [5, 5.41) is 3.78. The van der Waals surface area contributed by atoms with Crippen LogP contribution >= 0.6 is 11.6 Å². The molecule has 0 spiro atoms. The van der Waals surface area contributed by atoms with Crippen LogP contribution in [0.2, 0.25) is 5.02 Å². The SMILES string of the molecule is C=CCN(C(=O)c1ccc(Cl)cc1)[C@H]1CC[C@H](c2ccc(CNCC(=O)OC(C)(C)C)cc2)CC1. The monoisotopic (exact) mass is 496 g/mol. The van der Waals surface area contributed by atoms with E-state index in [0.717, 1.165) is 31.2 Å². The number of carbonyl (C=O) groups excluding carboxylic acids is 2. The van der Waals surface area contributed by atoms with Gasteiger partial charge in [0.2, 0.25) is 0 Å². The minimum Gasteiger partial charge on any atom is -0.459 e. The second kappa shape index (κ2) is 12.4. The smallest absolute Gasteiger partial charge is 0.320 e. The number of ether oxygens (including phenoxy) is 1. The van der Waals surface area contributed by atoms with Crippen LogP contribution in [0.1, 0.15) is 73.9 Å². The van der Waals surface area contributed by atoms with Gasteiger partial charge in [0, 0.05) is 29.7 Å². The maximum Gasteiger partial charge on any atom is 0.320 e. The van der Waals surface area contributed by atoms with Gasteiger partial charge in [0.15, 0.2) is 0 Å². The molecule has 1 aliphatic rings. The van der Waals surface area contributed by atoms with Gasteiger partial charge in [-0.1, -0.05) is 41.9 Å². The van der Waals surface area contributed by atoms with E-state index < -0.39 is 5.60 Å². The Morgan fingerprint density at radius 1 is 1.06 bits per heavy atom. The van der Waals surface area contributed by atoms with Crippen molar-refractivity contribution in [2.45, 2.75) is 70.6 Å². The van der Waals surface area contributed by atoms with Gasteiger partial charge in [-0.25, -0.2) is 0 Å². The summed E-state index contributed by atoms with van der Waals surface area (Å²) in [4.78, 5) is 26.9. The summed E-state index contributed by atoms with van der Waals surface area (Å²) >= 11 is 5.98. The number of hydrogen-bond acceptors (Lipinski definition) is 4. The molecular weight excluding hydrogens is 460 g/mol. The molecule has 0 bridgehead atoms. The molecule has 1 fully saturated rings. The highest BCUT2D eigenvalue weighted by Crippen LogP contribution is 2.35. The van der Waals surface area contributed by atoms with Crippen LogP contribution in [0.15, 0.2) is 61.2 Å². The number of nitrogens with zero attached hydrogens (tertiary/aromatic N) is 1. The average molecular weight is 497 g/mol. The van der Waals surface area contributed by atoms with Crippen molar-refractivity contribution in [1.29, 1.82) is 0 Å². The van der Waals surface area contributed by atoms with E-state index in [9.17, 15) is 9.59 Å². The number of halogens is 1. The second-order valence-corrected chi connectivity index (χ2v) is 10.6. The van der Waals surface area contributed by atoms with Gasteiger partial charge >= 0.3 is 5.97 Å². The molecule has 5 nitrogen and oxygen atoms in total. The number of rotatable bonds is 9. The quantitative estimate of drug-likeness (QED) is 0.335. The standard InChI is InChI=1S/C29H37ClN2O3/c1-5-18-32(28(34)24-10-14-25(30)15-11-24)26-16-12-23(13-17-26)22-8-6-21(7-9-22)19-31-20-27(33)35-29(2,3)4/h5-11,14-15,23,26,31H,1,12-13,16-20H2,2-4H3/t23-,26-. The number of amides is 1. The minimum atomic E-state index is -0.467. The molecule has 2 aromatic carbocycles. The molecular formula is C29H37ClN2O3. The summed E-state index contributed by atoms with van der Waals surface area (Å²) in [7, 11) is 0. The van der Waals surface area contributed by atoms with Crippen LogP contribution in [0.25, 0.3) is 0 Å². The Balaban J connectivity index is 1.51. The second-order valence-electron chi connectivity index (χ2n) is 10.2. The molecule has 0 atom stereocenters. The molecule has 1 N–H and O–H groups in total. The van der Waals surface area contributed by atoms with E-state index in [0.29, 0.717) is 29.6 Å². The van der Waals surface area contributed by atoms with Crippen LogP contribution in [0.5, 0.6) is 0 Å². The largest absolute Gasteiger partial charge is 0.459 e. The third kappa shape index (κ3) is 8.22. The summed E-state index contributed by atoms with van der Waals surface area (Å²) in [6.45, 7) is 10.8. The molecule has 0 radical (unpaired) electrons. The normalized spacial score (nSPS) is 18.1. The summed E-state index contributed by atoms with van der Waals surface area (Å²) in [6, 6.07) is 15.9. The number of esters is 1. The van der Waals surface area contributed by atoms with Crippen LogP contribution in [0.3, 0.4) is 0 Å². The Kier molecular flexibility index (Phi) is 9.53. The highest BCUT2D eigenvalue weighted by Gasteiger charge is 2.29. The van der Waals surface area contributed by atoms with Crippen molar-refractivity contribution in [3.8, 4) is 0 Å². The predicted molar refractivity (Wildman–Crippen MR) is 142 cm³/mol. The maximum atomic E-state index is 13.1. The molecule has 6 heteroatoms. The Morgan fingerprint density at radius 3 is 2.26 bits per heavy atom. The van der Waals surface area contributed by atoms with Gasteiger partial charge in [-0.05, 0) is 87.8 Å². The van der Waals surface area contributed by atoms with Crippen LogP contribution in [-0.2, 0) is 16.1 Å². The highest BCUT2D eigenvalue weighted by molar-refractivity contribution is 6.30. The number of nitrogens with one attached hydrogen (secondary N) is 1. The van der Waals surface area contributed by atoms with Crippen molar-refractivity contribution in [2.24, 2.45) is 0 Å². The number of hydrogen-bond donors (Lipinski definition) is 1.